The quantitative estimate of drug-likeness (QED) is 0.717. The lowest BCUT2D eigenvalue weighted by Crippen LogP contribution is -2.28. The lowest BCUT2D eigenvalue weighted by molar-refractivity contribution is 0.372. The first-order valence-electron chi connectivity index (χ1n) is 7.53. The smallest absolute Gasteiger partial charge is 0.126 e. The van der Waals surface area contributed by atoms with Crippen molar-refractivity contribution in [1.29, 1.82) is 0 Å². The molecule has 1 N–H and O–H groups in total. The van der Waals surface area contributed by atoms with Gasteiger partial charge in [-0.25, -0.2) is 4.39 Å². The predicted octanol–water partition coefficient (Wildman–Crippen LogP) is 4.93. The summed E-state index contributed by atoms with van der Waals surface area (Å²) in [6.07, 6.45) is 1.84. The summed E-state index contributed by atoms with van der Waals surface area (Å²) < 4.78 is 13.8. The van der Waals surface area contributed by atoms with Gasteiger partial charge in [-0.1, -0.05) is 39.3 Å². The molecular weight excluding hydrogens is 273 g/mol. The third kappa shape index (κ3) is 6.71. The Bertz CT molecular complexity index is 404. The van der Waals surface area contributed by atoms with Crippen LogP contribution in [0.4, 0.5) is 4.39 Å². The first-order valence-corrected chi connectivity index (χ1v) is 7.91. The van der Waals surface area contributed by atoms with E-state index in [0.717, 1.165) is 31.5 Å². The van der Waals surface area contributed by atoms with E-state index in [2.05, 4.69) is 33.0 Å². The maximum Gasteiger partial charge on any atom is 0.126 e. The number of rotatable bonds is 8. The Kier molecular flexibility index (Phi) is 7.53. The highest BCUT2D eigenvalue weighted by Gasteiger charge is 2.14. The van der Waals surface area contributed by atoms with Crippen molar-refractivity contribution >= 4 is 11.6 Å². The summed E-state index contributed by atoms with van der Waals surface area (Å²) in [6, 6.07) is 4.83. The highest BCUT2D eigenvalue weighted by Crippen LogP contribution is 2.21. The van der Waals surface area contributed by atoms with Crippen molar-refractivity contribution < 1.29 is 4.39 Å². The van der Waals surface area contributed by atoms with E-state index in [1.165, 1.54) is 6.07 Å². The molecule has 1 rings (SSSR count). The molecule has 0 aromatic heterocycles. The molecule has 0 spiro atoms. The van der Waals surface area contributed by atoms with Gasteiger partial charge in [-0.2, -0.15) is 0 Å². The third-order valence-corrected chi connectivity index (χ3v) is 3.54. The van der Waals surface area contributed by atoms with Crippen molar-refractivity contribution in [2.45, 2.75) is 40.5 Å². The fourth-order valence-electron chi connectivity index (χ4n) is 2.49. The SMILES string of the molecule is CC(C)CNCC(Cc1cc(Cl)ccc1F)CC(C)C. The molecule has 3 heteroatoms. The average Bonchev–Trinajstić information content (AvgIpc) is 2.32. The van der Waals surface area contributed by atoms with Gasteiger partial charge in [0.1, 0.15) is 5.82 Å². The minimum atomic E-state index is -0.146. The van der Waals surface area contributed by atoms with Crippen LogP contribution in [0.5, 0.6) is 0 Å². The van der Waals surface area contributed by atoms with Gasteiger partial charge < -0.3 is 5.32 Å². The zero-order valence-corrected chi connectivity index (χ0v) is 13.8. The second kappa shape index (κ2) is 8.63. The maximum absolute atomic E-state index is 13.8. The number of benzene rings is 1. The van der Waals surface area contributed by atoms with E-state index in [1.54, 1.807) is 12.1 Å². The molecule has 1 nitrogen and oxygen atoms in total. The van der Waals surface area contributed by atoms with Crippen molar-refractivity contribution in [3.8, 4) is 0 Å². The van der Waals surface area contributed by atoms with Crippen molar-refractivity contribution in [2.24, 2.45) is 17.8 Å². The van der Waals surface area contributed by atoms with E-state index in [0.29, 0.717) is 22.8 Å². The van der Waals surface area contributed by atoms with E-state index < -0.39 is 0 Å². The summed E-state index contributed by atoms with van der Waals surface area (Å²) in [7, 11) is 0. The lowest BCUT2D eigenvalue weighted by Gasteiger charge is -2.21. The van der Waals surface area contributed by atoms with Gasteiger partial charge >= 0.3 is 0 Å². The second-order valence-electron chi connectivity index (χ2n) is 6.49. The van der Waals surface area contributed by atoms with E-state index in [1.807, 2.05) is 0 Å². The number of hydrogen-bond donors (Lipinski definition) is 1. The van der Waals surface area contributed by atoms with Crippen LogP contribution >= 0.6 is 11.6 Å². The molecule has 1 aromatic carbocycles. The van der Waals surface area contributed by atoms with Gasteiger partial charge in [0.2, 0.25) is 0 Å². The van der Waals surface area contributed by atoms with Crippen LogP contribution in [0.1, 0.15) is 39.7 Å². The van der Waals surface area contributed by atoms with E-state index in [-0.39, 0.29) is 5.82 Å². The summed E-state index contributed by atoms with van der Waals surface area (Å²) in [4.78, 5) is 0. The molecule has 0 aliphatic heterocycles. The highest BCUT2D eigenvalue weighted by molar-refractivity contribution is 6.30. The zero-order chi connectivity index (χ0) is 15.1. The highest BCUT2D eigenvalue weighted by atomic mass is 35.5. The standard InChI is InChI=1S/C17H27ClFN/c1-12(2)7-14(11-20-10-13(3)4)8-15-9-16(18)5-6-17(15)19/h5-6,9,12-14,20H,7-8,10-11H2,1-4H3. The number of halogens is 2. The molecular formula is C17H27ClFN. The lowest BCUT2D eigenvalue weighted by atomic mass is 9.90. The molecule has 0 bridgehead atoms. The molecule has 1 atom stereocenters. The number of nitrogens with one attached hydrogen (secondary N) is 1. The summed E-state index contributed by atoms with van der Waals surface area (Å²) in [5, 5.41) is 4.10. The Morgan fingerprint density at radius 2 is 1.80 bits per heavy atom. The van der Waals surface area contributed by atoms with Crippen LogP contribution < -0.4 is 5.32 Å². The van der Waals surface area contributed by atoms with Crippen molar-refractivity contribution in [3.05, 3.63) is 34.6 Å². The van der Waals surface area contributed by atoms with E-state index in [4.69, 9.17) is 11.6 Å². The Balaban J connectivity index is 2.65. The monoisotopic (exact) mass is 299 g/mol. The normalized spacial score (nSPS) is 13.2. The van der Waals surface area contributed by atoms with Gasteiger partial charge in [0.05, 0.1) is 0 Å². The van der Waals surface area contributed by atoms with Crippen LogP contribution in [0.15, 0.2) is 18.2 Å². The molecule has 1 unspecified atom stereocenters. The van der Waals surface area contributed by atoms with Gasteiger partial charge in [0, 0.05) is 5.02 Å². The molecule has 114 valence electrons. The fourth-order valence-corrected chi connectivity index (χ4v) is 2.69. The summed E-state index contributed by atoms with van der Waals surface area (Å²) in [6.45, 7) is 10.8. The molecule has 20 heavy (non-hydrogen) atoms. The molecule has 0 radical (unpaired) electrons. The molecule has 0 aliphatic carbocycles. The molecule has 0 amide bonds. The molecule has 0 heterocycles. The molecule has 1 aromatic rings. The fraction of sp³-hybridized carbons (Fsp3) is 0.647. The van der Waals surface area contributed by atoms with E-state index in [9.17, 15) is 4.39 Å². The Morgan fingerprint density at radius 3 is 2.40 bits per heavy atom. The zero-order valence-electron chi connectivity index (χ0n) is 13.0. The minimum Gasteiger partial charge on any atom is -0.316 e. The van der Waals surface area contributed by atoms with Gasteiger partial charge in [0.15, 0.2) is 0 Å². The van der Waals surface area contributed by atoms with Crippen LogP contribution in [0.25, 0.3) is 0 Å². The van der Waals surface area contributed by atoms with Crippen LogP contribution in [0.3, 0.4) is 0 Å². The number of hydrogen-bond acceptors (Lipinski definition) is 1. The topological polar surface area (TPSA) is 12.0 Å². The largest absolute Gasteiger partial charge is 0.316 e. The Morgan fingerprint density at radius 1 is 1.10 bits per heavy atom. The van der Waals surface area contributed by atoms with Gasteiger partial charge in [0.25, 0.3) is 0 Å². The van der Waals surface area contributed by atoms with Gasteiger partial charge in [-0.3, -0.25) is 0 Å². The summed E-state index contributed by atoms with van der Waals surface area (Å²) in [5.74, 6) is 1.55. The Labute approximate surface area is 127 Å². The minimum absolute atomic E-state index is 0.146. The maximum atomic E-state index is 13.8. The van der Waals surface area contributed by atoms with Crippen LogP contribution in [0.2, 0.25) is 5.02 Å². The van der Waals surface area contributed by atoms with Gasteiger partial charge in [-0.15, -0.1) is 0 Å². The summed E-state index contributed by atoms with van der Waals surface area (Å²) in [5.41, 5.74) is 0.731. The molecule has 0 aliphatic rings. The molecule has 0 saturated heterocycles. The Hall–Kier alpha value is -0.600. The second-order valence-corrected chi connectivity index (χ2v) is 6.92. The third-order valence-electron chi connectivity index (χ3n) is 3.31. The first kappa shape index (κ1) is 17.5. The summed E-state index contributed by atoms with van der Waals surface area (Å²) >= 11 is 5.97. The van der Waals surface area contributed by atoms with Crippen LogP contribution in [-0.4, -0.2) is 13.1 Å². The van der Waals surface area contributed by atoms with Crippen LogP contribution in [-0.2, 0) is 6.42 Å². The molecule has 0 saturated carbocycles. The predicted molar refractivity (Wildman–Crippen MR) is 85.8 cm³/mol. The van der Waals surface area contributed by atoms with Crippen molar-refractivity contribution in [3.63, 3.8) is 0 Å². The van der Waals surface area contributed by atoms with Crippen molar-refractivity contribution in [1.82, 2.24) is 5.32 Å². The average molecular weight is 300 g/mol. The van der Waals surface area contributed by atoms with Gasteiger partial charge in [-0.05, 0) is 67.4 Å². The van der Waals surface area contributed by atoms with E-state index >= 15 is 0 Å². The van der Waals surface area contributed by atoms with Crippen molar-refractivity contribution in [2.75, 3.05) is 13.1 Å². The molecule has 0 fully saturated rings. The first-order chi connectivity index (χ1) is 9.38. The van der Waals surface area contributed by atoms with Crippen LogP contribution in [0, 0.1) is 23.6 Å².